The summed E-state index contributed by atoms with van der Waals surface area (Å²) in [7, 11) is 1.47. The second-order valence-electron chi connectivity index (χ2n) is 7.09. The minimum atomic E-state index is -0.198. The van der Waals surface area contributed by atoms with Gasteiger partial charge in [-0.1, -0.05) is 38.0 Å². The monoisotopic (exact) mass is 330 g/mol. The number of hydrogen-bond donors (Lipinski definition) is 0. The quantitative estimate of drug-likeness (QED) is 0.832. The molecule has 0 aliphatic carbocycles. The van der Waals surface area contributed by atoms with Crippen molar-refractivity contribution in [2.45, 2.75) is 58.0 Å². The van der Waals surface area contributed by atoms with Crippen LogP contribution in [0.2, 0.25) is 0 Å². The Hall–Kier alpha value is -1.55. The number of fused-ring (bicyclic) bond motifs is 1. The van der Waals surface area contributed by atoms with Gasteiger partial charge in [-0.3, -0.25) is 4.90 Å². The predicted molar refractivity (Wildman–Crippen MR) is 96.0 cm³/mol. The van der Waals surface area contributed by atoms with Crippen LogP contribution in [0.5, 0.6) is 0 Å². The van der Waals surface area contributed by atoms with Crippen molar-refractivity contribution in [3.05, 3.63) is 34.9 Å². The SMILES string of the molecule is CCCC1c2ccc(CN3CCCCC3)cc2CCN1C(=O)OC. The molecule has 4 nitrogen and oxygen atoms in total. The van der Waals surface area contributed by atoms with Crippen molar-refractivity contribution in [3.63, 3.8) is 0 Å². The maximum absolute atomic E-state index is 12.1. The summed E-state index contributed by atoms with van der Waals surface area (Å²) < 4.78 is 4.99. The fourth-order valence-electron chi connectivity index (χ4n) is 4.16. The lowest BCUT2D eigenvalue weighted by molar-refractivity contribution is 0.0981. The summed E-state index contributed by atoms with van der Waals surface area (Å²) in [5.41, 5.74) is 4.15. The van der Waals surface area contributed by atoms with E-state index in [4.69, 9.17) is 4.74 Å². The molecule has 1 unspecified atom stereocenters. The summed E-state index contributed by atoms with van der Waals surface area (Å²) in [6, 6.07) is 7.05. The number of ether oxygens (including phenoxy) is 1. The Labute approximate surface area is 145 Å². The molecule has 1 amide bonds. The number of amides is 1. The second-order valence-corrected chi connectivity index (χ2v) is 7.09. The minimum Gasteiger partial charge on any atom is -0.453 e. The molecule has 0 saturated carbocycles. The summed E-state index contributed by atoms with van der Waals surface area (Å²) in [5.74, 6) is 0. The highest BCUT2D eigenvalue weighted by Crippen LogP contribution is 2.34. The zero-order valence-corrected chi connectivity index (χ0v) is 15.1. The van der Waals surface area contributed by atoms with Crippen LogP contribution in [0.15, 0.2) is 18.2 Å². The van der Waals surface area contributed by atoms with Gasteiger partial charge in [0.25, 0.3) is 0 Å². The average molecular weight is 330 g/mol. The van der Waals surface area contributed by atoms with E-state index in [1.165, 1.54) is 56.2 Å². The molecule has 0 spiro atoms. The molecule has 2 heterocycles. The van der Waals surface area contributed by atoms with Gasteiger partial charge in [0, 0.05) is 13.1 Å². The van der Waals surface area contributed by atoms with Crippen LogP contribution in [0.1, 0.15) is 61.8 Å². The molecular weight excluding hydrogens is 300 g/mol. The van der Waals surface area contributed by atoms with Gasteiger partial charge < -0.3 is 9.64 Å². The molecule has 2 aliphatic heterocycles. The largest absolute Gasteiger partial charge is 0.453 e. The minimum absolute atomic E-state index is 0.162. The van der Waals surface area contributed by atoms with E-state index in [-0.39, 0.29) is 12.1 Å². The van der Waals surface area contributed by atoms with Gasteiger partial charge in [-0.15, -0.1) is 0 Å². The van der Waals surface area contributed by atoms with Crippen molar-refractivity contribution in [1.82, 2.24) is 9.80 Å². The Morgan fingerprint density at radius 2 is 2.00 bits per heavy atom. The summed E-state index contributed by atoms with van der Waals surface area (Å²) in [4.78, 5) is 16.6. The van der Waals surface area contributed by atoms with Crippen LogP contribution in [0.25, 0.3) is 0 Å². The van der Waals surface area contributed by atoms with E-state index in [1.54, 1.807) is 0 Å². The van der Waals surface area contributed by atoms with Crippen molar-refractivity contribution in [2.75, 3.05) is 26.7 Å². The summed E-state index contributed by atoms with van der Waals surface area (Å²) in [5, 5.41) is 0. The standard InChI is InChI=1S/C20H30N2O2/c1-3-7-19-18-9-8-16(15-21-11-5-4-6-12-21)14-17(18)10-13-22(19)20(23)24-2/h8-9,14,19H,3-7,10-13,15H2,1-2H3. The predicted octanol–water partition coefficient (Wildman–Crippen LogP) is 4.14. The van der Waals surface area contributed by atoms with Gasteiger partial charge in [-0.05, 0) is 55.5 Å². The normalized spacial score (nSPS) is 21.4. The van der Waals surface area contributed by atoms with Gasteiger partial charge in [0.15, 0.2) is 0 Å². The van der Waals surface area contributed by atoms with Crippen LogP contribution >= 0.6 is 0 Å². The van der Waals surface area contributed by atoms with E-state index in [1.807, 2.05) is 4.90 Å². The fraction of sp³-hybridized carbons (Fsp3) is 0.650. The molecule has 2 aliphatic rings. The number of rotatable bonds is 4. The summed E-state index contributed by atoms with van der Waals surface area (Å²) >= 11 is 0. The maximum Gasteiger partial charge on any atom is 0.410 e. The third-order valence-corrected chi connectivity index (χ3v) is 5.39. The highest BCUT2D eigenvalue weighted by atomic mass is 16.5. The highest BCUT2D eigenvalue weighted by molar-refractivity contribution is 5.69. The Morgan fingerprint density at radius 1 is 1.21 bits per heavy atom. The van der Waals surface area contributed by atoms with Gasteiger partial charge >= 0.3 is 6.09 Å². The number of benzene rings is 1. The topological polar surface area (TPSA) is 32.8 Å². The van der Waals surface area contributed by atoms with Crippen LogP contribution < -0.4 is 0 Å². The Morgan fingerprint density at radius 3 is 2.71 bits per heavy atom. The molecule has 0 bridgehead atoms. The van der Waals surface area contributed by atoms with E-state index in [2.05, 4.69) is 30.0 Å². The molecule has 0 radical (unpaired) electrons. The van der Waals surface area contributed by atoms with Crippen LogP contribution in [0, 0.1) is 0 Å². The molecule has 1 fully saturated rings. The molecule has 1 aromatic carbocycles. The van der Waals surface area contributed by atoms with E-state index in [0.717, 1.165) is 32.4 Å². The molecular formula is C20H30N2O2. The number of hydrogen-bond acceptors (Lipinski definition) is 3. The molecule has 4 heteroatoms. The van der Waals surface area contributed by atoms with Crippen molar-refractivity contribution < 1.29 is 9.53 Å². The number of carbonyl (C=O) groups is 1. The first kappa shape index (κ1) is 17.3. The van der Waals surface area contributed by atoms with Crippen molar-refractivity contribution >= 4 is 6.09 Å². The van der Waals surface area contributed by atoms with Crippen LogP contribution in [-0.2, 0) is 17.7 Å². The maximum atomic E-state index is 12.1. The van der Waals surface area contributed by atoms with Gasteiger partial charge in [0.05, 0.1) is 13.2 Å². The third-order valence-electron chi connectivity index (χ3n) is 5.39. The first-order chi connectivity index (χ1) is 11.7. The van der Waals surface area contributed by atoms with Crippen molar-refractivity contribution in [2.24, 2.45) is 0 Å². The lowest BCUT2D eigenvalue weighted by Crippen LogP contribution is -2.40. The van der Waals surface area contributed by atoms with E-state index < -0.39 is 0 Å². The van der Waals surface area contributed by atoms with Crippen LogP contribution in [-0.4, -0.2) is 42.6 Å². The Kier molecular flexibility index (Phi) is 5.77. The van der Waals surface area contributed by atoms with Gasteiger partial charge in [0.1, 0.15) is 0 Å². The zero-order chi connectivity index (χ0) is 16.9. The van der Waals surface area contributed by atoms with Gasteiger partial charge in [0.2, 0.25) is 0 Å². The molecule has 0 N–H and O–H groups in total. The zero-order valence-electron chi connectivity index (χ0n) is 15.1. The molecule has 1 atom stereocenters. The third kappa shape index (κ3) is 3.75. The molecule has 3 rings (SSSR count). The van der Waals surface area contributed by atoms with E-state index in [9.17, 15) is 4.79 Å². The first-order valence-corrected chi connectivity index (χ1v) is 9.41. The molecule has 132 valence electrons. The van der Waals surface area contributed by atoms with E-state index in [0.29, 0.717) is 0 Å². The summed E-state index contributed by atoms with van der Waals surface area (Å²) in [6.45, 7) is 6.45. The average Bonchev–Trinajstić information content (AvgIpc) is 2.62. The lowest BCUT2D eigenvalue weighted by Gasteiger charge is -2.36. The second kappa shape index (κ2) is 8.02. The Bertz CT molecular complexity index is 567. The number of carbonyl (C=O) groups excluding carboxylic acids is 1. The van der Waals surface area contributed by atoms with Gasteiger partial charge in [-0.25, -0.2) is 4.79 Å². The molecule has 0 aromatic heterocycles. The highest BCUT2D eigenvalue weighted by Gasteiger charge is 2.30. The van der Waals surface area contributed by atoms with Gasteiger partial charge in [-0.2, -0.15) is 0 Å². The van der Waals surface area contributed by atoms with Crippen molar-refractivity contribution in [1.29, 1.82) is 0 Å². The summed E-state index contributed by atoms with van der Waals surface area (Å²) in [6.07, 6.45) is 6.83. The smallest absolute Gasteiger partial charge is 0.410 e. The lowest BCUT2D eigenvalue weighted by atomic mass is 9.89. The van der Waals surface area contributed by atoms with Crippen molar-refractivity contribution in [3.8, 4) is 0 Å². The number of likely N-dealkylation sites (tertiary alicyclic amines) is 1. The Balaban J connectivity index is 1.78. The fourth-order valence-corrected chi connectivity index (χ4v) is 4.16. The number of nitrogens with zero attached hydrogens (tertiary/aromatic N) is 2. The molecule has 24 heavy (non-hydrogen) atoms. The molecule has 1 saturated heterocycles. The first-order valence-electron chi connectivity index (χ1n) is 9.41. The molecule has 1 aromatic rings. The van der Waals surface area contributed by atoms with Crippen LogP contribution in [0.3, 0.4) is 0 Å². The number of piperidine rings is 1. The number of methoxy groups -OCH3 is 1. The van der Waals surface area contributed by atoms with E-state index >= 15 is 0 Å². The van der Waals surface area contributed by atoms with Crippen LogP contribution in [0.4, 0.5) is 4.79 Å².